The van der Waals surface area contributed by atoms with Crippen LogP contribution in [-0.2, 0) is 0 Å². The standard InChI is InChI=1S/C11H20N4O2/c1-7(16)6-12-4-5-13-11(17)10-8(2)14-15-9(10)3/h7,12,16H,4-6H2,1-3H3,(H,13,17)(H,14,15). The molecule has 0 aliphatic heterocycles. The molecule has 1 rings (SSSR count). The van der Waals surface area contributed by atoms with Crippen molar-refractivity contribution in [1.82, 2.24) is 20.8 Å². The molecule has 1 aromatic heterocycles. The minimum atomic E-state index is -0.371. The van der Waals surface area contributed by atoms with Crippen LogP contribution < -0.4 is 10.6 Å². The number of nitrogens with one attached hydrogen (secondary N) is 3. The fourth-order valence-electron chi connectivity index (χ4n) is 1.55. The molecule has 6 nitrogen and oxygen atoms in total. The SMILES string of the molecule is Cc1n[nH]c(C)c1C(=O)NCCNCC(C)O. The molecule has 0 aliphatic carbocycles. The summed E-state index contributed by atoms with van der Waals surface area (Å²) in [6.07, 6.45) is -0.371. The number of carbonyl (C=O) groups excluding carboxylic acids is 1. The first-order valence-corrected chi connectivity index (χ1v) is 5.71. The molecule has 0 radical (unpaired) electrons. The zero-order valence-corrected chi connectivity index (χ0v) is 10.5. The van der Waals surface area contributed by atoms with Gasteiger partial charge in [-0.05, 0) is 20.8 Å². The number of amides is 1. The van der Waals surface area contributed by atoms with Crippen LogP contribution in [0.4, 0.5) is 0 Å². The molecule has 96 valence electrons. The van der Waals surface area contributed by atoms with E-state index < -0.39 is 0 Å². The van der Waals surface area contributed by atoms with Gasteiger partial charge >= 0.3 is 0 Å². The van der Waals surface area contributed by atoms with Gasteiger partial charge in [-0.15, -0.1) is 0 Å². The highest BCUT2D eigenvalue weighted by molar-refractivity contribution is 5.96. The van der Waals surface area contributed by atoms with Gasteiger partial charge in [-0.25, -0.2) is 0 Å². The van der Waals surface area contributed by atoms with Crippen LogP contribution in [0.1, 0.15) is 28.7 Å². The summed E-state index contributed by atoms with van der Waals surface area (Å²) in [4.78, 5) is 11.8. The number of aliphatic hydroxyl groups excluding tert-OH is 1. The van der Waals surface area contributed by atoms with Crippen LogP contribution in [0.15, 0.2) is 0 Å². The summed E-state index contributed by atoms with van der Waals surface area (Å²) in [7, 11) is 0. The zero-order valence-electron chi connectivity index (χ0n) is 10.5. The Morgan fingerprint density at radius 1 is 1.47 bits per heavy atom. The molecule has 1 amide bonds. The third-order valence-electron chi connectivity index (χ3n) is 2.38. The molecule has 0 spiro atoms. The number of hydrogen-bond donors (Lipinski definition) is 4. The summed E-state index contributed by atoms with van der Waals surface area (Å²) in [5.74, 6) is -0.118. The van der Waals surface area contributed by atoms with E-state index in [0.29, 0.717) is 30.9 Å². The largest absolute Gasteiger partial charge is 0.392 e. The van der Waals surface area contributed by atoms with Crippen LogP contribution in [0.5, 0.6) is 0 Å². The van der Waals surface area contributed by atoms with Gasteiger partial charge in [0.05, 0.1) is 17.4 Å². The molecule has 0 aliphatic rings. The quantitative estimate of drug-likeness (QED) is 0.515. The van der Waals surface area contributed by atoms with Gasteiger partial charge in [-0.1, -0.05) is 0 Å². The van der Waals surface area contributed by atoms with E-state index in [1.54, 1.807) is 13.8 Å². The Kier molecular flexibility index (Phi) is 5.11. The van der Waals surface area contributed by atoms with Gasteiger partial charge in [0.2, 0.25) is 0 Å². The zero-order chi connectivity index (χ0) is 12.8. The van der Waals surface area contributed by atoms with Crippen LogP contribution in [0.25, 0.3) is 0 Å². The van der Waals surface area contributed by atoms with E-state index in [9.17, 15) is 4.79 Å². The van der Waals surface area contributed by atoms with Crippen LogP contribution in [-0.4, -0.2) is 46.9 Å². The number of hydrogen-bond acceptors (Lipinski definition) is 4. The van der Waals surface area contributed by atoms with Crippen molar-refractivity contribution >= 4 is 5.91 Å². The highest BCUT2D eigenvalue weighted by atomic mass is 16.3. The van der Waals surface area contributed by atoms with E-state index in [0.717, 1.165) is 5.69 Å². The molecule has 0 aromatic carbocycles. The molecule has 1 atom stereocenters. The van der Waals surface area contributed by atoms with Crippen molar-refractivity contribution in [1.29, 1.82) is 0 Å². The number of aromatic amines is 1. The van der Waals surface area contributed by atoms with Crippen molar-refractivity contribution in [3.05, 3.63) is 17.0 Å². The lowest BCUT2D eigenvalue weighted by molar-refractivity contribution is 0.0952. The Balaban J connectivity index is 2.31. The van der Waals surface area contributed by atoms with Gasteiger partial charge in [0, 0.05) is 25.3 Å². The predicted molar refractivity (Wildman–Crippen MR) is 64.9 cm³/mol. The monoisotopic (exact) mass is 240 g/mol. The third kappa shape index (κ3) is 4.16. The maximum Gasteiger partial charge on any atom is 0.255 e. The van der Waals surface area contributed by atoms with Gasteiger partial charge in [-0.2, -0.15) is 5.10 Å². The number of nitrogens with zero attached hydrogens (tertiary/aromatic N) is 1. The van der Waals surface area contributed by atoms with Crippen molar-refractivity contribution < 1.29 is 9.90 Å². The summed E-state index contributed by atoms with van der Waals surface area (Å²) in [5, 5.41) is 21.6. The van der Waals surface area contributed by atoms with Crippen LogP contribution in [0.3, 0.4) is 0 Å². The maximum atomic E-state index is 11.8. The topological polar surface area (TPSA) is 90.0 Å². The van der Waals surface area contributed by atoms with E-state index in [1.165, 1.54) is 0 Å². The number of aryl methyl sites for hydroxylation is 2. The van der Waals surface area contributed by atoms with Gasteiger partial charge in [0.1, 0.15) is 0 Å². The average Bonchev–Trinajstić information content (AvgIpc) is 2.57. The minimum absolute atomic E-state index is 0.118. The molecule has 1 unspecified atom stereocenters. The molecule has 6 heteroatoms. The molecule has 4 N–H and O–H groups in total. The summed E-state index contributed by atoms with van der Waals surface area (Å²) < 4.78 is 0. The second-order valence-electron chi connectivity index (χ2n) is 4.12. The fourth-order valence-corrected chi connectivity index (χ4v) is 1.55. The average molecular weight is 240 g/mol. The van der Waals surface area contributed by atoms with Crippen molar-refractivity contribution in [2.24, 2.45) is 0 Å². The Labute approximate surface area is 101 Å². The summed E-state index contributed by atoms with van der Waals surface area (Å²) in [6, 6.07) is 0. The first kappa shape index (κ1) is 13.7. The van der Waals surface area contributed by atoms with E-state index in [2.05, 4.69) is 20.8 Å². The second kappa shape index (κ2) is 6.36. The lowest BCUT2D eigenvalue weighted by Crippen LogP contribution is -2.34. The second-order valence-corrected chi connectivity index (χ2v) is 4.12. The third-order valence-corrected chi connectivity index (χ3v) is 2.38. The number of carbonyl (C=O) groups is 1. The first-order valence-electron chi connectivity index (χ1n) is 5.71. The first-order chi connectivity index (χ1) is 8.02. The molecule has 0 fully saturated rings. The Morgan fingerprint density at radius 3 is 2.71 bits per heavy atom. The number of rotatable bonds is 6. The van der Waals surface area contributed by atoms with E-state index in [4.69, 9.17) is 5.11 Å². The molecule has 17 heavy (non-hydrogen) atoms. The normalized spacial score (nSPS) is 12.5. The molecule has 0 saturated carbocycles. The van der Waals surface area contributed by atoms with Crippen molar-refractivity contribution in [3.8, 4) is 0 Å². The Morgan fingerprint density at radius 2 is 2.18 bits per heavy atom. The van der Waals surface area contributed by atoms with Crippen molar-refractivity contribution in [2.75, 3.05) is 19.6 Å². The number of H-pyrrole nitrogens is 1. The van der Waals surface area contributed by atoms with Gasteiger partial charge in [-0.3, -0.25) is 9.89 Å². The molecule has 1 heterocycles. The molecular weight excluding hydrogens is 220 g/mol. The summed E-state index contributed by atoms with van der Waals surface area (Å²) in [6.45, 7) is 7.01. The highest BCUT2D eigenvalue weighted by Crippen LogP contribution is 2.08. The predicted octanol–water partition coefficient (Wildman–Crippen LogP) is -0.273. The number of aromatic nitrogens is 2. The Hall–Kier alpha value is -1.40. The van der Waals surface area contributed by atoms with E-state index in [-0.39, 0.29) is 12.0 Å². The van der Waals surface area contributed by atoms with E-state index in [1.807, 2.05) is 6.92 Å². The lowest BCUT2D eigenvalue weighted by atomic mass is 10.2. The van der Waals surface area contributed by atoms with Crippen molar-refractivity contribution in [3.63, 3.8) is 0 Å². The molecule has 0 bridgehead atoms. The molecule has 0 saturated heterocycles. The summed E-state index contributed by atoms with van der Waals surface area (Å²) in [5.41, 5.74) is 2.09. The van der Waals surface area contributed by atoms with Gasteiger partial charge in [0.25, 0.3) is 5.91 Å². The van der Waals surface area contributed by atoms with Crippen LogP contribution in [0, 0.1) is 13.8 Å². The fraction of sp³-hybridized carbons (Fsp3) is 0.636. The van der Waals surface area contributed by atoms with Gasteiger partial charge < -0.3 is 15.7 Å². The molecule has 1 aromatic rings. The van der Waals surface area contributed by atoms with Crippen molar-refractivity contribution in [2.45, 2.75) is 26.9 Å². The maximum absolute atomic E-state index is 11.8. The Bertz CT molecular complexity index is 354. The van der Waals surface area contributed by atoms with Gasteiger partial charge in [0.15, 0.2) is 0 Å². The molecular formula is C11H20N4O2. The number of aliphatic hydroxyl groups is 1. The minimum Gasteiger partial charge on any atom is -0.392 e. The lowest BCUT2D eigenvalue weighted by Gasteiger charge is -2.08. The highest BCUT2D eigenvalue weighted by Gasteiger charge is 2.14. The summed E-state index contributed by atoms with van der Waals surface area (Å²) >= 11 is 0. The van der Waals surface area contributed by atoms with E-state index >= 15 is 0 Å². The smallest absolute Gasteiger partial charge is 0.255 e. The van der Waals surface area contributed by atoms with Crippen LogP contribution >= 0.6 is 0 Å². The van der Waals surface area contributed by atoms with Crippen LogP contribution in [0.2, 0.25) is 0 Å².